The molecule has 0 saturated carbocycles. The molecule has 0 bridgehead atoms. The Balaban J connectivity index is 0.00000484. The van der Waals surface area contributed by atoms with Crippen LogP contribution < -0.4 is 17.4 Å². The third-order valence-electron chi connectivity index (χ3n) is 4.73. The van der Waals surface area contributed by atoms with Gasteiger partial charge in [-0.3, -0.25) is 0 Å². The average molecular weight is 340 g/mol. The number of aromatic amines is 1. The highest BCUT2D eigenvalue weighted by Gasteiger charge is 2.03. The average Bonchev–Trinajstić information content (AvgIpc) is 2.56. The normalized spacial score (nSPS) is 10.5. The van der Waals surface area contributed by atoms with Gasteiger partial charge in [0.25, 0.3) is 0 Å². The van der Waals surface area contributed by atoms with Crippen molar-refractivity contribution in [2.45, 2.75) is 104 Å². The van der Waals surface area contributed by atoms with E-state index in [0.29, 0.717) is 0 Å². The third kappa shape index (κ3) is 11.6. The molecule has 0 atom stereocenters. The van der Waals surface area contributed by atoms with Gasteiger partial charge in [0.1, 0.15) is 0 Å². The first-order valence-electron chi connectivity index (χ1n) is 9.86. The highest BCUT2D eigenvalue weighted by Crippen LogP contribution is 2.14. The summed E-state index contributed by atoms with van der Waals surface area (Å²) in [7, 11) is 0. The summed E-state index contributed by atoms with van der Waals surface area (Å²) in [6.07, 6.45) is 23.8. The van der Waals surface area contributed by atoms with Gasteiger partial charge < -0.3 is 12.4 Å². The van der Waals surface area contributed by atoms with E-state index >= 15 is 0 Å². The van der Waals surface area contributed by atoms with E-state index in [4.69, 9.17) is 0 Å². The Kier molecular flexibility index (Phi) is 15.9. The molecule has 23 heavy (non-hydrogen) atoms. The highest BCUT2D eigenvalue weighted by molar-refractivity contribution is 5.20. The van der Waals surface area contributed by atoms with E-state index in [-0.39, 0.29) is 12.4 Å². The van der Waals surface area contributed by atoms with Gasteiger partial charge in [0.2, 0.25) is 0 Å². The number of hydrogen-bond donors (Lipinski definition) is 0. The van der Waals surface area contributed by atoms with Crippen LogP contribution >= 0.6 is 0 Å². The Morgan fingerprint density at radius 2 is 1.22 bits per heavy atom. The molecule has 0 saturated heterocycles. The van der Waals surface area contributed by atoms with Gasteiger partial charge in [-0.15, -0.1) is 0 Å². The molecule has 0 aliphatic heterocycles. The van der Waals surface area contributed by atoms with Crippen molar-refractivity contribution in [1.29, 1.82) is 0 Å². The summed E-state index contributed by atoms with van der Waals surface area (Å²) < 4.78 is 0. The van der Waals surface area contributed by atoms with Crippen LogP contribution in [0.3, 0.4) is 0 Å². The van der Waals surface area contributed by atoms with Crippen LogP contribution in [0.25, 0.3) is 0 Å². The van der Waals surface area contributed by atoms with Crippen molar-refractivity contribution in [2.75, 3.05) is 0 Å². The summed E-state index contributed by atoms with van der Waals surface area (Å²) in [5.41, 5.74) is 3.04. The largest absolute Gasteiger partial charge is 1.00 e. The maximum atomic E-state index is 3.23. The van der Waals surface area contributed by atoms with Crippen molar-refractivity contribution < 1.29 is 17.4 Å². The van der Waals surface area contributed by atoms with Gasteiger partial charge in [-0.2, -0.15) is 0 Å². The maximum Gasteiger partial charge on any atom is 0.170 e. The van der Waals surface area contributed by atoms with Crippen LogP contribution in [0.15, 0.2) is 18.5 Å². The van der Waals surface area contributed by atoms with Gasteiger partial charge in [-0.25, -0.2) is 4.98 Å². The number of unbranched alkanes of at least 4 members (excludes halogenated alkanes) is 11. The number of rotatable bonds is 14. The van der Waals surface area contributed by atoms with Crippen molar-refractivity contribution >= 4 is 0 Å². The van der Waals surface area contributed by atoms with Crippen molar-refractivity contribution in [3.05, 3.63) is 29.6 Å². The van der Waals surface area contributed by atoms with Gasteiger partial charge in [-0.1, -0.05) is 84.5 Å². The molecule has 0 fully saturated rings. The van der Waals surface area contributed by atoms with Gasteiger partial charge in [0.15, 0.2) is 12.4 Å². The van der Waals surface area contributed by atoms with E-state index in [1.165, 1.54) is 94.6 Å². The SMILES string of the molecule is CCCCCCCCCCCCCCc1c[nH+]ccc1CC.[Cl-]. The molecule has 0 aromatic carbocycles. The van der Waals surface area contributed by atoms with E-state index in [2.05, 4.69) is 31.1 Å². The summed E-state index contributed by atoms with van der Waals surface area (Å²) in [6, 6.07) is 2.23. The quantitative estimate of drug-likeness (QED) is 0.462. The van der Waals surface area contributed by atoms with E-state index < -0.39 is 0 Å². The second-order valence-corrected chi connectivity index (χ2v) is 6.69. The summed E-state index contributed by atoms with van der Waals surface area (Å²) in [5.74, 6) is 0. The first-order chi connectivity index (χ1) is 10.9. The minimum Gasteiger partial charge on any atom is -1.00 e. The molecular formula is C21H38ClN. The molecule has 0 spiro atoms. The van der Waals surface area contributed by atoms with Gasteiger partial charge in [-0.05, 0) is 24.8 Å². The molecule has 0 amide bonds. The molecule has 1 nitrogen and oxygen atoms in total. The fourth-order valence-corrected chi connectivity index (χ4v) is 3.23. The Hall–Kier alpha value is -0.560. The highest BCUT2D eigenvalue weighted by atomic mass is 35.5. The van der Waals surface area contributed by atoms with Crippen molar-refractivity contribution in [3.63, 3.8) is 0 Å². The molecule has 1 heterocycles. The molecule has 0 aliphatic carbocycles. The molecule has 0 unspecified atom stereocenters. The number of aryl methyl sites for hydroxylation is 2. The lowest BCUT2D eigenvalue weighted by atomic mass is 10.0. The zero-order chi connectivity index (χ0) is 15.9. The van der Waals surface area contributed by atoms with E-state index in [1.807, 2.05) is 6.20 Å². The number of H-pyrrole nitrogens is 1. The smallest absolute Gasteiger partial charge is 0.170 e. The van der Waals surface area contributed by atoms with Crippen LogP contribution in [0.1, 0.15) is 102 Å². The second-order valence-electron chi connectivity index (χ2n) is 6.69. The Morgan fingerprint density at radius 3 is 1.74 bits per heavy atom. The maximum absolute atomic E-state index is 3.23. The summed E-state index contributed by atoms with van der Waals surface area (Å²) >= 11 is 0. The minimum atomic E-state index is 0. The predicted octanol–water partition coefficient (Wildman–Crippen LogP) is 3.31. The number of halogens is 1. The van der Waals surface area contributed by atoms with Crippen LogP contribution in [0.4, 0.5) is 0 Å². The molecular weight excluding hydrogens is 302 g/mol. The first-order valence-corrected chi connectivity index (χ1v) is 9.86. The zero-order valence-electron chi connectivity index (χ0n) is 15.5. The lowest BCUT2D eigenvalue weighted by Crippen LogP contribution is -3.00. The standard InChI is InChI=1S/C21H37N.ClH/c1-3-5-6-7-8-9-10-11-12-13-14-15-16-21-19-22-18-17-20(21)4-2;/h17-19H,3-16H2,1-2H3;1H. The Labute approximate surface area is 151 Å². The van der Waals surface area contributed by atoms with Crippen LogP contribution in [0.5, 0.6) is 0 Å². The van der Waals surface area contributed by atoms with Crippen LogP contribution in [0.2, 0.25) is 0 Å². The number of aromatic nitrogens is 1. The lowest BCUT2D eigenvalue weighted by Gasteiger charge is -2.05. The van der Waals surface area contributed by atoms with Crippen LogP contribution in [-0.4, -0.2) is 0 Å². The summed E-state index contributed by atoms with van der Waals surface area (Å²) in [4.78, 5) is 3.23. The van der Waals surface area contributed by atoms with Crippen molar-refractivity contribution in [2.24, 2.45) is 0 Å². The number of nitrogens with one attached hydrogen (secondary N) is 1. The fourth-order valence-electron chi connectivity index (χ4n) is 3.23. The lowest BCUT2D eigenvalue weighted by molar-refractivity contribution is -0.378. The minimum absolute atomic E-state index is 0. The van der Waals surface area contributed by atoms with Crippen LogP contribution in [0, 0.1) is 0 Å². The third-order valence-corrected chi connectivity index (χ3v) is 4.73. The number of hydrogen-bond acceptors (Lipinski definition) is 0. The monoisotopic (exact) mass is 339 g/mol. The molecule has 2 heteroatoms. The van der Waals surface area contributed by atoms with Gasteiger partial charge in [0, 0.05) is 11.6 Å². The first kappa shape index (κ1) is 22.4. The Morgan fingerprint density at radius 1 is 0.696 bits per heavy atom. The summed E-state index contributed by atoms with van der Waals surface area (Å²) in [6.45, 7) is 4.54. The summed E-state index contributed by atoms with van der Waals surface area (Å²) in [5, 5.41) is 0. The molecule has 134 valence electrons. The van der Waals surface area contributed by atoms with E-state index in [1.54, 1.807) is 0 Å². The van der Waals surface area contributed by atoms with E-state index in [0.717, 1.165) is 6.42 Å². The molecule has 0 aliphatic rings. The van der Waals surface area contributed by atoms with Crippen molar-refractivity contribution in [1.82, 2.24) is 0 Å². The number of pyridine rings is 1. The molecule has 1 N–H and O–H groups in total. The molecule has 0 radical (unpaired) electrons. The molecule has 1 rings (SSSR count). The molecule has 1 aromatic heterocycles. The van der Waals surface area contributed by atoms with E-state index in [9.17, 15) is 0 Å². The topological polar surface area (TPSA) is 14.1 Å². The van der Waals surface area contributed by atoms with Crippen molar-refractivity contribution in [3.8, 4) is 0 Å². The Bertz CT molecular complexity index is 365. The zero-order valence-corrected chi connectivity index (χ0v) is 16.3. The van der Waals surface area contributed by atoms with Gasteiger partial charge >= 0.3 is 0 Å². The molecule has 1 aromatic rings. The predicted molar refractivity (Wildman–Crippen MR) is 97.2 cm³/mol. The fraction of sp³-hybridized carbons (Fsp3) is 0.762. The van der Waals surface area contributed by atoms with Crippen LogP contribution in [-0.2, 0) is 12.8 Å². The second kappa shape index (κ2) is 16.3. The van der Waals surface area contributed by atoms with Gasteiger partial charge in [0.05, 0.1) is 0 Å².